The zero-order chi connectivity index (χ0) is 40.9. The van der Waals surface area contributed by atoms with Crippen molar-refractivity contribution in [2.75, 3.05) is 0 Å². The van der Waals surface area contributed by atoms with Gasteiger partial charge in [-0.3, -0.25) is 4.57 Å². The van der Waals surface area contributed by atoms with Gasteiger partial charge in [0.25, 0.3) is 0 Å². The average molecular weight is 787 g/mol. The lowest BCUT2D eigenvalue weighted by molar-refractivity contribution is 1.10. The van der Waals surface area contributed by atoms with E-state index in [0.717, 1.165) is 55.6 Å². The number of para-hydroxylation sites is 3. The summed E-state index contributed by atoms with van der Waals surface area (Å²) in [6.45, 7) is 8.16. The predicted molar refractivity (Wildman–Crippen MR) is 259 cm³/mol. The molecule has 0 saturated carbocycles. The minimum atomic E-state index is 0.661. The first-order valence-corrected chi connectivity index (χ1v) is 21.0. The van der Waals surface area contributed by atoms with Gasteiger partial charge >= 0.3 is 0 Å². The van der Waals surface area contributed by atoms with Crippen LogP contribution in [0.5, 0.6) is 0 Å². The summed E-state index contributed by atoms with van der Waals surface area (Å²) in [6.07, 6.45) is 0. The number of fused-ring (bicyclic) bond motifs is 4. The summed E-state index contributed by atoms with van der Waals surface area (Å²) in [7, 11) is 0. The SMILES string of the molecule is [C-]#[N+]c1ccc2c3c1ccc1c(-c4c5ccccc5c(-c5cccc6ccccc56)c5ccccc45)ccc(c13)n2-c1ccc(-c2nc3ccccc3n2-c2ccccc2)cc1. The summed E-state index contributed by atoms with van der Waals surface area (Å²) < 4.78 is 4.61. The second-order valence-corrected chi connectivity index (χ2v) is 16.1. The summed E-state index contributed by atoms with van der Waals surface area (Å²) in [6, 6.07) is 73.8. The van der Waals surface area contributed by atoms with E-state index in [2.05, 4.69) is 202 Å². The van der Waals surface area contributed by atoms with Crippen molar-refractivity contribution in [1.82, 2.24) is 14.1 Å². The van der Waals surface area contributed by atoms with Crippen LogP contribution in [-0.2, 0) is 0 Å². The molecule has 0 aliphatic carbocycles. The Bertz CT molecular complexity index is 3910. The highest BCUT2D eigenvalue weighted by molar-refractivity contribution is 6.31. The normalized spacial score (nSPS) is 11.9. The highest BCUT2D eigenvalue weighted by Gasteiger charge is 2.24. The fraction of sp³-hybridized carbons (Fsp3) is 0. The largest absolute Gasteiger partial charge is 0.309 e. The van der Waals surface area contributed by atoms with Gasteiger partial charge in [-0.1, -0.05) is 146 Å². The van der Waals surface area contributed by atoms with Crippen molar-refractivity contribution in [3.05, 3.63) is 218 Å². The molecule has 0 radical (unpaired) electrons. The lowest BCUT2D eigenvalue weighted by Gasteiger charge is -2.20. The second kappa shape index (κ2) is 13.2. The molecule has 0 fully saturated rings. The molecule has 0 unspecified atom stereocenters. The van der Waals surface area contributed by atoms with Crippen molar-refractivity contribution >= 4 is 81.6 Å². The van der Waals surface area contributed by atoms with E-state index in [9.17, 15) is 0 Å². The molecule has 4 nitrogen and oxygen atoms in total. The number of hydrogen-bond donors (Lipinski definition) is 0. The number of aromatic nitrogens is 3. The summed E-state index contributed by atoms with van der Waals surface area (Å²) in [4.78, 5) is 9.15. The van der Waals surface area contributed by atoms with E-state index in [-0.39, 0.29) is 0 Å². The van der Waals surface area contributed by atoms with E-state index in [1.165, 1.54) is 65.3 Å². The van der Waals surface area contributed by atoms with E-state index >= 15 is 0 Å². The van der Waals surface area contributed by atoms with Crippen LogP contribution in [0, 0.1) is 6.57 Å². The third-order valence-corrected chi connectivity index (χ3v) is 12.9. The van der Waals surface area contributed by atoms with E-state index in [1.807, 2.05) is 18.2 Å². The summed E-state index contributed by atoms with van der Waals surface area (Å²) >= 11 is 0. The molecule has 11 aromatic carbocycles. The standard InChI is InChI=1S/C58H34N4/c1-59-49-33-35-53-57-48(49)31-30-47-46(55-44-21-9-7-19-42(44)54(43-20-8-10-22-45(43)55)41-23-13-15-36-14-5-6-18-40(36)41)32-34-52(56(47)57)61(53)39-28-26-37(27-29-39)58-60-50-24-11-12-25-51(50)62(58)38-16-3-2-4-17-38/h2-35H. The zero-order valence-corrected chi connectivity index (χ0v) is 33.4. The Morgan fingerprint density at radius 3 is 1.63 bits per heavy atom. The first-order valence-electron chi connectivity index (χ1n) is 21.0. The van der Waals surface area contributed by atoms with Crippen LogP contribution in [0.25, 0.3) is 126 Å². The molecule has 0 aliphatic heterocycles. The highest BCUT2D eigenvalue weighted by atomic mass is 15.1. The van der Waals surface area contributed by atoms with Crippen LogP contribution in [0.4, 0.5) is 5.69 Å². The number of rotatable bonds is 5. The molecule has 0 aliphatic rings. The van der Waals surface area contributed by atoms with E-state index < -0.39 is 0 Å². The van der Waals surface area contributed by atoms with Crippen molar-refractivity contribution in [1.29, 1.82) is 0 Å². The van der Waals surface area contributed by atoms with Crippen LogP contribution in [0.2, 0.25) is 0 Å². The molecule has 0 N–H and O–H groups in total. The van der Waals surface area contributed by atoms with Crippen LogP contribution in [0.3, 0.4) is 0 Å². The van der Waals surface area contributed by atoms with Crippen molar-refractivity contribution in [3.63, 3.8) is 0 Å². The van der Waals surface area contributed by atoms with Crippen LogP contribution in [0.1, 0.15) is 0 Å². The van der Waals surface area contributed by atoms with Gasteiger partial charge in [0, 0.05) is 27.7 Å². The van der Waals surface area contributed by atoms with Gasteiger partial charge in [-0.25, -0.2) is 9.83 Å². The Morgan fingerprint density at radius 2 is 0.919 bits per heavy atom. The Kier molecular flexibility index (Phi) is 7.34. The third-order valence-electron chi connectivity index (χ3n) is 12.9. The summed E-state index contributed by atoms with van der Waals surface area (Å²) in [5.74, 6) is 0.898. The number of benzene rings is 11. The van der Waals surface area contributed by atoms with Crippen molar-refractivity contribution < 1.29 is 0 Å². The minimum Gasteiger partial charge on any atom is -0.309 e. The van der Waals surface area contributed by atoms with Gasteiger partial charge in [0.1, 0.15) is 5.82 Å². The van der Waals surface area contributed by atoms with Crippen molar-refractivity contribution in [2.45, 2.75) is 0 Å². The van der Waals surface area contributed by atoms with E-state index in [1.54, 1.807) is 0 Å². The topological polar surface area (TPSA) is 27.1 Å². The smallest absolute Gasteiger partial charge is 0.195 e. The molecule has 2 heterocycles. The molecule has 62 heavy (non-hydrogen) atoms. The van der Waals surface area contributed by atoms with E-state index in [4.69, 9.17) is 11.6 Å². The summed E-state index contributed by atoms with van der Waals surface area (Å²) in [5, 5.41) is 11.8. The fourth-order valence-corrected chi connectivity index (χ4v) is 10.3. The van der Waals surface area contributed by atoms with Gasteiger partial charge in [-0.15, -0.1) is 0 Å². The molecule has 2 aromatic heterocycles. The van der Waals surface area contributed by atoms with Gasteiger partial charge in [-0.05, 0) is 126 Å². The molecular formula is C58H34N4. The average Bonchev–Trinajstić information content (AvgIpc) is 3.90. The maximum absolute atomic E-state index is 8.16. The Labute approximate surface area is 356 Å². The van der Waals surface area contributed by atoms with Gasteiger partial charge in [-0.2, -0.15) is 0 Å². The molecule has 13 rings (SSSR count). The molecule has 4 heteroatoms. The number of imidazole rings is 1. The maximum Gasteiger partial charge on any atom is 0.195 e. The summed E-state index contributed by atoms with van der Waals surface area (Å²) in [5.41, 5.74) is 12.9. The Hall–Kier alpha value is -8.52. The van der Waals surface area contributed by atoms with Gasteiger partial charge < -0.3 is 4.57 Å². The first kappa shape index (κ1) is 34.4. The van der Waals surface area contributed by atoms with Crippen molar-refractivity contribution in [3.8, 4) is 45.0 Å². The molecule has 0 amide bonds. The quantitative estimate of drug-likeness (QED) is 0.0970. The fourth-order valence-electron chi connectivity index (χ4n) is 10.3. The molecule has 286 valence electrons. The van der Waals surface area contributed by atoms with Crippen LogP contribution in [-0.4, -0.2) is 14.1 Å². The van der Waals surface area contributed by atoms with E-state index in [0.29, 0.717) is 5.69 Å². The lowest BCUT2D eigenvalue weighted by Crippen LogP contribution is -1.98. The number of nitrogens with zero attached hydrogens (tertiary/aromatic N) is 4. The Morgan fingerprint density at radius 1 is 0.371 bits per heavy atom. The predicted octanol–water partition coefficient (Wildman–Crippen LogP) is 15.7. The first-order chi connectivity index (χ1) is 30.7. The zero-order valence-electron chi connectivity index (χ0n) is 33.4. The van der Waals surface area contributed by atoms with Crippen molar-refractivity contribution in [2.24, 2.45) is 0 Å². The molecule has 0 atom stereocenters. The van der Waals surface area contributed by atoms with Crippen LogP contribution in [0.15, 0.2) is 206 Å². The molecular weight excluding hydrogens is 753 g/mol. The van der Waals surface area contributed by atoms with Gasteiger partial charge in [0.2, 0.25) is 0 Å². The molecule has 13 aromatic rings. The molecule has 0 spiro atoms. The minimum absolute atomic E-state index is 0.661. The molecule has 0 bridgehead atoms. The lowest BCUT2D eigenvalue weighted by atomic mass is 9.83. The second-order valence-electron chi connectivity index (χ2n) is 16.1. The van der Waals surface area contributed by atoms with Crippen LogP contribution < -0.4 is 0 Å². The van der Waals surface area contributed by atoms with Crippen LogP contribution >= 0.6 is 0 Å². The molecule has 0 saturated heterocycles. The van der Waals surface area contributed by atoms with Gasteiger partial charge in [0.15, 0.2) is 5.69 Å². The maximum atomic E-state index is 8.16. The van der Waals surface area contributed by atoms with Gasteiger partial charge in [0.05, 0.1) is 28.6 Å². The third kappa shape index (κ3) is 4.85. The Balaban J connectivity index is 1.05. The monoisotopic (exact) mass is 786 g/mol. The highest BCUT2D eigenvalue weighted by Crippen LogP contribution is 2.50. The number of hydrogen-bond acceptors (Lipinski definition) is 1.